The molecule has 0 saturated heterocycles. The van der Waals surface area contributed by atoms with Crippen molar-refractivity contribution >= 4 is 21.5 Å². The van der Waals surface area contributed by atoms with E-state index in [0.29, 0.717) is 22.6 Å². The van der Waals surface area contributed by atoms with E-state index in [1.165, 1.54) is 11.4 Å². The molecule has 0 radical (unpaired) electrons. The molecular formula is C22H19NO4S. The maximum atomic E-state index is 13.6. The van der Waals surface area contributed by atoms with Crippen molar-refractivity contribution in [2.45, 2.75) is 17.9 Å². The van der Waals surface area contributed by atoms with Crippen LogP contribution in [0.3, 0.4) is 0 Å². The van der Waals surface area contributed by atoms with Crippen molar-refractivity contribution in [3.63, 3.8) is 0 Å². The van der Waals surface area contributed by atoms with Crippen LogP contribution in [0.2, 0.25) is 0 Å². The minimum absolute atomic E-state index is 0.141. The third kappa shape index (κ3) is 2.77. The van der Waals surface area contributed by atoms with Gasteiger partial charge in [-0.05, 0) is 37.3 Å². The summed E-state index contributed by atoms with van der Waals surface area (Å²) in [5, 5.41) is 0. The number of anilines is 1. The van der Waals surface area contributed by atoms with Gasteiger partial charge >= 0.3 is 0 Å². The monoisotopic (exact) mass is 393 g/mol. The van der Waals surface area contributed by atoms with Gasteiger partial charge in [0.2, 0.25) is 0 Å². The SMILES string of the molecule is COc1ccccc1C1C(=O)c2ccccc2N1S(=O)(=O)c1ccc(C)cc1. The first kappa shape index (κ1) is 18.3. The molecule has 1 aliphatic rings. The topological polar surface area (TPSA) is 63.7 Å². The molecule has 5 nitrogen and oxygen atoms in total. The highest BCUT2D eigenvalue weighted by Crippen LogP contribution is 2.45. The van der Waals surface area contributed by atoms with Gasteiger partial charge in [-0.3, -0.25) is 9.10 Å². The van der Waals surface area contributed by atoms with Crippen molar-refractivity contribution in [3.8, 4) is 5.75 Å². The second kappa shape index (κ2) is 6.80. The average molecular weight is 393 g/mol. The molecule has 1 unspecified atom stereocenters. The Bertz CT molecular complexity index is 1150. The molecule has 0 aliphatic carbocycles. The maximum Gasteiger partial charge on any atom is 0.265 e. The molecule has 6 heteroatoms. The Balaban J connectivity index is 1.95. The number of para-hydroxylation sites is 2. The molecule has 3 aromatic rings. The first-order valence-electron chi connectivity index (χ1n) is 8.82. The van der Waals surface area contributed by atoms with Gasteiger partial charge in [-0.1, -0.05) is 48.0 Å². The number of hydrogen-bond donors (Lipinski definition) is 0. The Morgan fingerprint density at radius 2 is 1.54 bits per heavy atom. The molecular weight excluding hydrogens is 374 g/mol. The molecule has 0 bridgehead atoms. The van der Waals surface area contributed by atoms with E-state index in [9.17, 15) is 13.2 Å². The van der Waals surface area contributed by atoms with Crippen LogP contribution in [0, 0.1) is 6.92 Å². The summed E-state index contributed by atoms with van der Waals surface area (Å²) < 4.78 is 33.8. The van der Waals surface area contributed by atoms with Crippen molar-refractivity contribution < 1.29 is 17.9 Å². The summed E-state index contributed by atoms with van der Waals surface area (Å²) in [4.78, 5) is 13.4. The van der Waals surface area contributed by atoms with Gasteiger partial charge in [0.05, 0.1) is 17.7 Å². The highest BCUT2D eigenvalue weighted by atomic mass is 32.2. The van der Waals surface area contributed by atoms with Gasteiger partial charge in [0.1, 0.15) is 11.8 Å². The predicted octanol–water partition coefficient (Wildman–Crippen LogP) is 4.14. The zero-order chi connectivity index (χ0) is 19.9. The molecule has 1 aliphatic heterocycles. The van der Waals surface area contributed by atoms with Crippen molar-refractivity contribution in [3.05, 3.63) is 89.5 Å². The normalized spacial score (nSPS) is 16.1. The highest BCUT2D eigenvalue weighted by Gasteiger charge is 2.46. The van der Waals surface area contributed by atoms with Gasteiger partial charge in [0.25, 0.3) is 10.0 Å². The molecule has 0 aromatic heterocycles. The number of aryl methyl sites for hydroxylation is 1. The smallest absolute Gasteiger partial charge is 0.265 e. The lowest BCUT2D eigenvalue weighted by Crippen LogP contribution is -2.34. The van der Waals surface area contributed by atoms with Crippen LogP contribution >= 0.6 is 0 Å². The minimum atomic E-state index is -3.97. The molecule has 0 fully saturated rings. The number of benzene rings is 3. The lowest BCUT2D eigenvalue weighted by molar-refractivity contribution is 0.0973. The third-order valence-electron chi connectivity index (χ3n) is 4.90. The second-order valence-corrected chi connectivity index (χ2v) is 8.45. The summed E-state index contributed by atoms with van der Waals surface area (Å²) >= 11 is 0. The second-order valence-electron chi connectivity index (χ2n) is 6.64. The van der Waals surface area contributed by atoms with Crippen LogP contribution in [-0.2, 0) is 10.0 Å². The summed E-state index contributed by atoms with van der Waals surface area (Å²) in [5.41, 5.74) is 2.23. The van der Waals surface area contributed by atoms with Crippen LogP contribution in [0.4, 0.5) is 5.69 Å². The molecule has 4 rings (SSSR count). The van der Waals surface area contributed by atoms with Crippen LogP contribution in [0.1, 0.15) is 27.5 Å². The number of methoxy groups -OCH3 is 1. The molecule has 1 atom stereocenters. The quantitative estimate of drug-likeness (QED) is 0.668. The summed E-state index contributed by atoms with van der Waals surface area (Å²) in [5.74, 6) is 0.202. The van der Waals surface area contributed by atoms with E-state index in [0.717, 1.165) is 5.56 Å². The van der Waals surface area contributed by atoms with Gasteiger partial charge in [-0.2, -0.15) is 0 Å². The number of carbonyl (C=O) groups is 1. The van der Waals surface area contributed by atoms with Crippen molar-refractivity contribution in [2.75, 3.05) is 11.4 Å². The van der Waals surface area contributed by atoms with E-state index in [1.54, 1.807) is 72.8 Å². The van der Waals surface area contributed by atoms with E-state index >= 15 is 0 Å². The number of ketones is 1. The standard InChI is InChI=1S/C22H19NO4S/c1-15-11-13-16(14-12-15)28(25,26)23-19-9-5-3-7-17(19)22(24)21(23)18-8-4-6-10-20(18)27-2/h3-14,21H,1-2H3. The van der Waals surface area contributed by atoms with Crippen LogP contribution < -0.4 is 9.04 Å². The van der Waals surface area contributed by atoms with Gasteiger partial charge in [0, 0.05) is 11.1 Å². The van der Waals surface area contributed by atoms with Crippen molar-refractivity contribution in [2.24, 2.45) is 0 Å². The highest BCUT2D eigenvalue weighted by molar-refractivity contribution is 7.93. The van der Waals surface area contributed by atoms with Crippen LogP contribution in [-0.4, -0.2) is 21.3 Å². The van der Waals surface area contributed by atoms with E-state index in [1.807, 2.05) is 6.92 Å². The molecule has 0 saturated carbocycles. The third-order valence-corrected chi connectivity index (χ3v) is 6.69. The maximum absolute atomic E-state index is 13.6. The molecule has 0 spiro atoms. The predicted molar refractivity (Wildman–Crippen MR) is 107 cm³/mol. The van der Waals surface area contributed by atoms with E-state index in [2.05, 4.69) is 0 Å². The summed E-state index contributed by atoms with van der Waals surface area (Å²) in [7, 11) is -2.46. The van der Waals surface area contributed by atoms with Crippen LogP contribution in [0.5, 0.6) is 5.75 Å². The van der Waals surface area contributed by atoms with E-state index in [4.69, 9.17) is 4.74 Å². The van der Waals surface area contributed by atoms with E-state index in [-0.39, 0.29) is 10.7 Å². The Hall–Kier alpha value is -3.12. The number of rotatable bonds is 4. The number of carbonyl (C=O) groups excluding carboxylic acids is 1. The van der Waals surface area contributed by atoms with Gasteiger partial charge in [0.15, 0.2) is 5.78 Å². The zero-order valence-electron chi connectivity index (χ0n) is 15.5. The van der Waals surface area contributed by atoms with Crippen LogP contribution in [0.25, 0.3) is 0 Å². The van der Waals surface area contributed by atoms with Crippen LogP contribution in [0.15, 0.2) is 77.7 Å². The Labute approximate surface area is 164 Å². The molecule has 3 aromatic carbocycles. The fourth-order valence-electron chi connectivity index (χ4n) is 3.52. The number of hydrogen-bond acceptors (Lipinski definition) is 4. The number of nitrogens with zero attached hydrogens (tertiary/aromatic N) is 1. The molecule has 28 heavy (non-hydrogen) atoms. The van der Waals surface area contributed by atoms with Gasteiger partial charge in [-0.25, -0.2) is 8.42 Å². The van der Waals surface area contributed by atoms with Gasteiger partial charge < -0.3 is 4.74 Å². The summed E-state index contributed by atoms with van der Waals surface area (Å²) in [6.45, 7) is 1.89. The zero-order valence-corrected chi connectivity index (χ0v) is 16.3. The average Bonchev–Trinajstić information content (AvgIpc) is 3.01. The number of fused-ring (bicyclic) bond motifs is 1. The fraction of sp³-hybridized carbons (Fsp3) is 0.136. The molecule has 0 N–H and O–H groups in total. The van der Waals surface area contributed by atoms with Crippen molar-refractivity contribution in [1.29, 1.82) is 0 Å². The molecule has 1 heterocycles. The summed E-state index contributed by atoms with van der Waals surface area (Å²) in [6.07, 6.45) is 0. The van der Waals surface area contributed by atoms with Crippen molar-refractivity contribution in [1.82, 2.24) is 0 Å². The first-order chi connectivity index (χ1) is 13.4. The molecule has 142 valence electrons. The number of Topliss-reactive ketones (excluding diaryl/α,β-unsaturated/α-hetero) is 1. The Morgan fingerprint density at radius 3 is 2.25 bits per heavy atom. The Kier molecular flexibility index (Phi) is 4.43. The fourth-order valence-corrected chi connectivity index (χ4v) is 5.13. The number of sulfonamides is 1. The first-order valence-corrected chi connectivity index (χ1v) is 10.3. The Morgan fingerprint density at radius 1 is 0.893 bits per heavy atom. The lowest BCUT2D eigenvalue weighted by Gasteiger charge is -2.27. The summed E-state index contributed by atoms with van der Waals surface area (Å²) in [6, 6.07) is 19.4. The van der Waals surface area contributed by atoms with Gasteiger partial charge in [-0.15, -0.1) is 0 Å². The number of ether oxygens (including phenoxy) is 1. The molecule has 0 amide bonds. The minimum Gasteiger partial charge on any atom is -0.496 e. The largest absolute Gasteiger partial charge is 0.496 e. The van der Waals surface area contributed by atoms with E-state index < -0.39 is 16.1 Å². The lowest BCUT2D eigenvalue weighted by atomic mass is 10.0.